The lowest BCUT2D eigenvalue weighted by Crippen LogP contribution is -2.29. The third kappa shape index (κ3) is 4.05. The van der Waals surface area contributed by atoms with Crippen molar-refractivity contribution in [3.05, 3.63) is 69.8 Å². The van der Waals surface area contributed by atoms with Gasteiger partial charge in [-0.15, -0.1) is 0 Å². The summed E-state index contributed by atoms with van der Waals surface area (Å²) in [6.07, 6.45) is -1.06. The van der Waals surface area contributed by atoms with Crippen molar-refractivity contribution in [1.82, 2.24) is 0 Å². The molecular formula is C16H15NO5. The molecule has 0 fully saturated rings. The summed E-state index contributed by atoms with van der Waals surface area (Å²) < 4.78 is 5.47. The second-order valence-corrected chi connectivity index (χ2v) is 4.89. The van der Waals surface area contributed by atoms with E-state index in [0.29, 0.717) is 11.3 Å². The number of ether oxygens (including phenoxy) is 1. The third-order valence-electron chi connectivity index (χ3n) is 3.12. The maximum atomic E-state index is 11.3. The first-order valence-electron chi connectivity index (χ1n) is 6.65. The van der Waals surface area contributed by atoms with Gasteiger partial charge in [-0.25, -0.2) is 4.79 Å². The van der Waals surface area contributed by atoms with Crippen LogP contribution in [-0.2, 0) is 11.2 Å². The average Bonchev–Trinajstić information content (AvgIpc) is 2.49. The molecule has 0 amide bonds. The first kappa shape index (κ1) is 15.5. The number of carboxylic acid groups (broad SMARTS) is 1. The van der Waals surface area contributed by atoms with Crippen molar-refractivity contribution < 1.29 is 19.6 Å². The van der Waals surface area contributed by atoms with Gasteiger partial charge < -0.3 is 9.84 Å². The zero-order chi connectivity index (χ0) is 16.1. The van der Waals surface area contributed by atoms with Gasteiger partial charge in [0.25, 0.3) is 5.69 Å². The maximum Gasteiger partial charge on any atom is 0.345 e. The minimum atomic E-state index is -1.12. The highest BCUT2D eigenvalue weighted by molar-refractivity contribution is 5.73. The molecule has 0 aliphatic heterocycles. The van der Waals surface area contributed by atoms with E-state index < -0.39 is 17.0 Å². The van der Waals surface area contributed by atoms with Crippen LogP contribution < -0.4 is 4.74 Å². The van der Waals surface area contributed by atoms with Crippen LogP contribution in [0.5, 0.6) is 5.75 Å². The predicted molar refractivity (Wildman–Crippen MR) is 80.0 cm³/mol. The van der Waals surface area contributed by atoms with Crippen LogP contribution in [0.2, 0.25) is 0 Å². The summed E-state index contributed by atoms with van der Waals surface area (Å²) in [6.45, 7) is 1.92. The van der Waals surface area contributed by atoms with E-state index in [1.165, 1.54) is 18.2 Å². The lowest BCUT2D eigenvalue weighted by atomic mass is 10.1. The van der Waals surface area contributed by atoms with Gasteiger partial charge in [-0.3, -0.25) is 10.1 Å². The van der Waals surface area contributed by atoms with Gasteiger partial charge in [-0.1, -0.05) is 29.8 Å². The minimum Gasteiger partial charge on any atom is -0.478 e. The Labute approximate surface area is 127 Å². The summed E-state index contributed by atoms with van der Waals surface area (Å²) in [5.74, 6) is -0.671. The van der Waals surface area contributed by atoms with Gasteiger partial charge in [-0.2, -0.15) is 0 Å². The molecule has 0 aliphatic carbocycles. The van der Waals surface area contributed by atoms with E-state index in [1.54, 1.807) is 18.2 Å². The zero-order valence-electron chi connectivity index (χ0n) is 11.9. The van der Waals surface area contributed by atoms with Crippen LogP contribution in [0.3, 0.4) is 0 Å². The van der Waals surface area contributed by atoms with Crippen LogP contribution in [0.25, 0.3) is 0 Å². The van der Waals surface area contributed by atoms with E-state index >= 15 is 0 Å². The molecule has 2 aromatic carbocycles. The Bertz CT molecular complexity index is 681. The van der Waals surface area contributed by atoms with Crippen LogP contribution in [0.1, 0.15) is 11.1 Å². The molecule has 22 heavy (non-hydrogen) atoms. The van der Waals surface area contributed by atoms with Crippen LogP contribution in [0.15, 0.2) is 48.5 Å². The van der Waals surface area contributed by atoms with Crippen molar-refractivity contribution in [2.45, 2.75) is 19.4 Å². The van der Waals surface area contributed by atoms with Gasteiger partial charge in [0, 0.05) is 18.6 Å². The standard InChI is InChI=1S/C16H15NO5/c1-11-5-7-14(8-6-11)22-15(16(18)19)10-12-3-2-4-13(9-12)17(20)21/h2-9,15H,10H2,1H3,(H,18,19). The number of aliphatic carboxylic acids is 1. The zero-order valence-corrected chi connectivity index (χ0v) is 11.9. The van der Waals surface area contributed by atoms with Gasteiger partial charge in [0.2, 0.25) is 0 Å². The molecule has 0 saturated heterocycles. The van der Waals surface area contributed by atoms with Gasteiger partial charge in [0.15, 0.2) is 6.10 Å². The topological polar surface area (TPSA) is 89.7 Å². The monoisotopic (exact) mass is 301 g/mol. The number of carbonyl (C=O) groups is 1. The summed E-state index contributed by atoms with van der Waals surface area (Å²) >= 11 is 0. The van der Waals surface area contributed by atoms with Crippen molar-refractivity contribution in [3.63, 3.8) is 0 Å². The Balaban J connectivity index is 2.15. The first-order chi connectivity index (χ1) is 10.5. The molecule has 6 nitrogen and oxygen atoms in total. The van der Waals surface area contributed by atoms with E-state index in [9.17, 15) is 20.0 Å². The third-order valence-corrected chi connectivity index (χ3v) is 3.12. The van der Waals surface area contributed by atoms with Gasteiger partial charge in [0.05, 0.1) is 4.92 Å². The highest BCUT2D eigenvalue weighted by Gasteiger charge is 2.21. The molecule has 1 atom stereocenters. The molecule has 2 rings (SSSR count). The Morgan fingerprint density at radius 1 is 1.27 bits per heavy atom. The summed E-state index contributed by atoms with van der Waals surface area (Å²) in [4.78, 5) is 21.6. The molecular weight excluding hydrogens is 286 g/mol. The summed E-state index contributed by atoms with van der Waals surface area (Å²) in [6, 6.07) is 12.9. The van der Waals surface area contributed by atoms with E-state index in [-0.39, 0.29) is 12.1 Å². The summed E-state index contributed by atoms with van der Waals surface area (Å²) in [5, 5.41) is 20.0. The molecule has 0 aromatic heterocycles. The molecule has 0 aliphatic rings. The fraction of sp³-hybridized carbons (Fsp3) is 0.188. The molecule has 0 spiro atoms. The fourth-order valence-electron chi connectivity index (χ4n) is 1.97. The van der Waals surface area contributed by atoms with Crippen LogP contribution >= 0.6 is 0 Å². The summed E-state index contributed by atoms with van der Waals surface area (Å²) in [5.41, 5.74) is 1.50. The number of hydrogen-bond acceptors (Lipinski definition) is 4. The number of nitrogens with zero attached hydrogens (tertiary/aromatic N) is 1. The Kier molecular flexibility index (Phi) is 4.73. The molecule has 114 valence electrons. The normalized spacial score (nSPS) is 11.7. The maximum absolute atomic E-state index is 11.3. The number of non-ortho nitro benzene ring substituents is 1. The van der Waals surface area contributed by atoms with Crippen molar-refractivity contribution in [1.29, 1.82) is 0 Å². The number of carboxylic acids is 1. The van der Waals surface area contributed by atoms with Crippen LogP contribution in [-0.4, -0.2) is 22.1 Å². The average molecular weight is 301 g/mol. The molecule has 2 aromatic rings. The van der Waals surface area contributed by atoms with Gasteiger partial charge in [-0.05, 0) is 24.6 Å². The number of benzene rings is 2. The van der Waals surface area contributed by atoms with E-state index in [0.717, 1.165) is 5.56 Å². The molecule has 0 bridgehead atoms. The van der Waals surface area contributed by atoms with E-state index in [4.69, 9.17) is 4.74 Å². The highest BCUT2D eigenvalue weighted by atomic mass is 16.6. The van der Waals surface area contributed by atoms with Crippen molar-refractivity contribution in [2.75, 3.05) is 0 Å². The van der Waals surface area contributed by atoms with E-state index in [2.05, 4.69) is 0 Å². The van der Waals surface area contributed by atoms with Crippen LogP contribution in [0, 0.1) is 17.0 Å². The quantitative estimate of drug-likeness (QED) is 0.654. The Morgan fingerprint density at radius 3 is 2.55 bits per heavy atom. The Hall–Kier alpha value is -2.89. The lowest BCUT2D eigenvalue weighted by Gasteiger charge is -2.15. The largest absolute Gasteiger partial charge is 0.478 e. The number of nitro benzene ring substituents is 1. The van der Waals surface area contributed by atoms with E-state index in [1.807, 2.05) is 19.1 Å². The predicted octanol–water partition coefficient (Wildman–Crippen LogP) is 2.98. The number of nitro groups is 1. The first-order valence-corrected chi connectivity index (χ1v) is 6.65. The van der Waals surface area contributed by atoms with Crippen LogP contribution in [0.4, 0.5) is 5.69 Å². The van der Waals surface area contributed by atoms with Crippen molar-refractivity contribution in [2.24, 2.45) is 0 Å². The van der Waals surface area contributed by atoms with Crippen molar-refractivity contribution >= 4 is 11.7 Å². The molecule has 0 heterocycles. The van der Waals surface area contributed by atoms with Gasteiger partial charge >= 0.3 is 5.97 Å². The highest BCUT2D eigenvalue weighted by Crippen LogP contribution is 2.18. The number of hydrogen-bond donors (Lipinski definition) is 1. The minimum absolute atomic E-state index is 0.0465. The lowest BCUT2D eigenvalue weighted by molar-refractivity contribution is -0.384. The second kappa shape index (κ2) is 6.71. The molecule has 6 heteroatoms. The number of rotatable bonds is 6. The van der Waals surface area contributed by atoms with Gasteiger partial charge in [0.1, 0.15) is 5.75 Å². The van der Waals surface area contributed by atoms with Crippen molar-refractivity contribution in [3.8, 4) is 5.75 Å². The smallest absolute Gasteiger partial charge is 0.345 e. The molecule has 0 saturated carbocycles. The fourth-order valence-corrected chi connectivity index (χ4v) is 1.97. The molecule has 1 N–H and O–H groups in total. The molecule has 0 radical (unpaired) electrons. The number of aryl methyl sites for hydroxylation is 1. The Morgan fingerprint density at radius 2 is 1.95 bits per heavy atom. The second-order valence-electron chi connectivity index (χ2n) is 4.89. The SMILES string of the molecule is Cc1ccc(OC(Cc2cccc([N+](=O)[O-])c2)C(=O)O)cc1. The summed E-state index contributed by atoms with van der Waals surface area (Å²) in [7, 11) is 0. The molecule has 1 unspecified atom stereocenters.